The second-order valence-corrected chi connectivity index (χ2v) is 13.5. The van der Waals surface area contributed by atoms with Gasteiger partial charge >= 0.3 is 12.2 Å². The van der Waals surface area contributed by atoms with E-state index in [4.69, 9.17) is 9.47 Å². The minimum Gasteiger partial charge on any atom is -0.447 e. The highest BCUT2D eigenvalue weighted by molar-refractivity contribution is 7.92. The van der Waals surface area contributed by atoms with Crippen LogP contribution >= 0.6 is 11.3 Å². The first-order valence-corrected chi connectivity index (χ1v) is 15.2. The maximum atomic E-state index is 13.3. The number of nitrogens with zero attached hydrogens (tertiary/aromatic N) is 1. The van der Waals surface area contributed by atoms with Crippen LogP contribution in [0.4, 0.5) is 15.3 Å². The summed E-state index contributed by atoms with van der Waals surface area (Å²) in [6.07, 6.45) is 5.02. The van der Waals surface area contributed by atoms with E-state index in [2.05, 4.69) is 15.6 Å². The Morgan fingerprint density at radius 2 is 1.62 bits per heavy atom. The fourth-order valence-corrected chi connectivity index (χ4v) is 7.54. The standard InChI is InChI=1S/C26H35N3O6S2/c1-15(2)34-25(30)28-18-7-5-17(6-8-18)24-27-14-22(36-24)21-12-9-19(29-26(31)35-16(3)4)13-23(21)37(32,33)20-10-11-20/h9,12-18,20H,5-8,10-11H2,1-4H3,(H,28,30)(H,29,31). The van der Waals surface area contributed by atoms with Crippen LogP contribution < -0.4 is 10.6 Å². The van der Waals surface area contributed by atoms with Crippen LogP contribution in [-0.2, 0) is 19.3 Å². The van der Waals surface area contributed by atoms with Crippen LogP contribution in [0, 0.1) is 0 Å². The van der Waals surface area contributed by atoms with E-state index >= 15 is 0 Å². The summed E-state index contributed by atoms with van der Waals surface area (Å²) in [6, 6.07) is 5.03. The van der Waals surface area contributed by atoms with Crippen molar-refractivity contribution in [1.82, 2.24) is 10.3 Å². The Kier molecular flexibility index (Phi) is 8.42. The zero-order valence-electron chi connectivity index (χ0n) is 21.7. The Hall–Kier alpha value is -2.66. The van der Waals surface area contributed by atoms with E-state index in [-0.39, 0.29) is 40.4 Å². The molecule has 1 aromatic carbocycles. The van der Waals surface area contributed by atoms with Crippen molar-refractivity contribution in [2.75, 3.05) is 5.32 Å². The van der Waals surface area contributed by atoms with Gasteiger partial charge in [0.25, 0.3) is 0 Å². The molecular formula is C26H35N3O6S2. The smallest absolute Gasteiger partial charge is 0.411 e. The van der Waals surface area contributed by atoms with Gasteiger partial charge in [0.1, 0.15) is 0 Å². The van der Waals surface area contributed by atoms with Crippen LogP contribution in [0.2, 0.25) is 0 Å². The molecule has 2 aliphatic carbocycles. The number of carbonyl (C=O) groups excluding carboxylic acids is 2. The molecule has 9 nitrogen and oxygen atoms in total. The largest absolute Gasteiger partial charge is 0.447 e. The number of amides is 2. The van der Waals surface area contributed by atoms with E-state index in [1.807, 2.05) is 13.8 Å². The summed E-state index contributed by atoms with van der Waals surface area (Å²) in [7, 11) is -3.53. The average Bonchev–Trinajstić information content (AvgIpc) is 3.57. The van der Waals surface area contributed by atoms with Crippen molar-refractivity contribution in [3.8, 4) is 10.4 Å². The molecular weight excluding hydrogens is 514 g/mol. The summed E-state index contributed by atoms with van der Waals surface area (Å²) >= 11 is 1.51. The van der Waals surface area contributed by atoms with Crippen molar-refractivity contribution in [1.29, 1.82) is 0 Å². The topological polar surface area (TPSA) is 124 Å². The minimum atomic E-state index is -3.53. The van der Waals surface area contributed by atoms with Crippen LogP contribution in [-0.4, -0.2) is 49.1 Å². The Balaban J connectivity index is 1.50. The van der Waals surface area contributed by atoms with Crippen molar-refractivity contribution < 1.29 is 27.5 Å². The Morgan fingerprint density at radius 3 is 2.24 bits per heavy atom. The van der Waals surface area contributed by atoms with Crippen LogP contribution in [0.1, 0.15) is 77.1 Å². The van der Waals surface area contributed by atoms with Gasteiger partial charge in [-0.3, -0.25) is 5.32 Å². The average molecular weight is 550 g/mol. The van der Waals surface area contributed by atoms with Gasteiger partial charge in [0.15, 0.2) is 9.84 Å². The highest BCUT2D eigenvalue weighted by atomic mass is 32.2. The molecule has 11 heteroatoms. The number of ether oxygens (including phenoxy) is 2. The quantitative estimate of drug-likeness (QED) is 0.422. The second kappa shape index (κ2) is 11.4. The second-order valence-electron chi connectivity index (χ2n) is 10.2. The number of aromatic nitrogens is 1. The molecule has 0 atom stereocenters. The Labute approximate surface area is 222 Å². The summed E-state index contributed by atoms with van der Waals surface area (Å²) in [6.45, 7) is 7.14. The summed E-state index contributed by atoms with van der Waals surface area (Å²) in [5.74, 6) is 0.258. The van der Waals surface area contributed by atoms with Crippen LogP contribution in [0.3, 0.4) is 0 Å². The molecule has 2 amide bonds. The minimum absolute atomic E-state index is 0.0830. The predicted octanol–water partition coefficient (Wildman–Crippen LogP) is 5.86. The van der Waals surface area contributed by atoms with Crippen molar-refractivity contribution >= 4 is 39.0 Å². The molecule has 0 spiro atoms. The summed E-state index contributed by atoms with van der Waals surface area (Å²) in [5.41, 5.74) is 0.977. The molecule has 2 aromatic rings. The van der Waals surface area contributed by atoms with Gasteiger partial charge in [-0.2, -0.15) is 0 Å². The maximum absolute atomic E-state index is 13.3. The number of thiazole rings is 1. The van der Waals surface area contributed by atoms with Gasteiger partial charge in [0, 0.05) is 29.4 Å². The van der Waals surface area contributed by atoms with Crippen LogP contribution in [0.5, 0.6) is 0 Å². The molecule has 2 N–H and O–H groups in total. The van der Waals surface area contributed by atoms with E-state index in [1.165, 1.54) is 17.4 Å². The molecule has 2 aliphatic rings. The first kappa shape index (κ1) is 27.4. The SMILES string of the molecule is CC(C)OC(=O)Nc1ccc(-c2cnc(C3CCC(NC(=O)OC(C)C)CC3)s2)c(S(=O)(=O)C2CC2)c1. The van der Waals surface area contributed by atoms with E-state index in [0.717, 1.165) is 35.6 Å². The lowest BCUT2D eigenvalue weighted by molar-refractivity contribution is 0.109. The van der Waals surface area contributed by atoms with Crippen molar-refractivity contribution in [2.24, 2.45) is 0 Å². The third-order valence-electron chi connectivity index (χ3n) is 6.37. The van der Waals surface area contributed by atoms with E-state index in [9.17, 15) is 18.0 Å². The molecule has 0 saturated heterocycles. The van der Waals surface area contributed by atoms with E-state index in [0.29, 0.717) is 24.1 Å². The first-order chi connectivity index (χ1) is 17.5. The van der Waals surface area contributed by atoms with Gasteiger partial charge in [0.05, 0.1) is 32.2 Å². The first-order valence-electron chi connectivity index (χ1n) is 12.8. The zero-order valence-corrected chi connectivity index (χ0v) is 23.3. The molecule has 1 aromatic heterocycles. The number of nitrogens with one attached hydrogen (secondary N) is 2. The number of rotatable bonds is 8. The number of hydrogen-bond donors (Lipinski definition) is 2. The molecule has 2 fully saturated rings. The van der Waals surface area contributed by atoms with Crippen molar-refractivity contribution in [3.63, 3.8) is 0 Å². The van der Waals surface area contributed by atoms with E-state index < -0.39 is 15.9 Å². The summed E-state index contributed by atoms with van der Waals surface area (Å²) < 4.78 is 36.9. The Bertz CT molecular complexity index is 1230. The summed E-state index contributed by atoms with van der Waals surface area (Å²) in [5, 5.41) is 6.15. The molecule has 0 unspecified atom stereocenters. The van der Waals surface area contributed by atoms with Gasteiger partial charge < -0.3 is 14.8 Å². The lowest BCUT2D eigenvalue weighted by atomic mass is 9.86. The van der Waals surface area contributed by atoms with Gasteiger partial charge in [0.2, 0.25) is 0 Å². The van der Waals surface area contributed by atoms with Gasteiger partial charge in [-0.25, -0.2) is 23.0 Å². The Morgan fingerprint density at radius 1 is 0.973 bits per heavy atom. The monoisotopic (exact) mass is 549 g/mol. The van der Waals surface area contributed by atoms with Gasteiger partial charge in [-0.1, -0.05) is 6.07 Å². The lowest BCUT2D eigenvalue weighted by Crippen LogP contribution is -2.38. The van der Waals surface area contributed by atoms with Crippen LogP contribution in [0.25, 0.3) is 10.4 Å². The lowest BCUT2D eigenvalue weighted by Gasteiger charge is -2.28. The normalized spacial score (nSPS) is 20.1. The maximum Gasteiger partial charge on any atom is 0.411 e. The highest BCUT2D eigenvalue weighted by Crippen LogP contribution is 2.43. The fourth-order valence-electron chi connectivity index (χ4n) is 4.46. The molecule has 2 saturated carbocycles. The molecule has 1 heterocycles. The molecule has 0 radical (unpaired) electrons. The molecule has 0 aliphatic heterocycles. The van der Waals surface area contributed by atoms with Crippen molar-refractivity contribution in [3.05, 3.63) is 29.4 Å². The number of benzene rings is 1. The van der Waals surface area contributed by atoms with Crippen molar-refractivity contribution in [2.45, 2.75) is 101 Å². The zero-order chi connectivity index (χ0) is 26.7. The van der Waals surface area contributed by atoms with Gasteiger partial charge in [-0.15, -0.1) is 11.3 Å². The highest BCUT2D eigenvalue weighted by Gasteiger charge is 2.39. The number of carbonyl (C=O) groups is 2. The third-order valence-corrected chi connectivity index (χ3v) is 9.86. The summed E-state index contributed by atoms with van der Waals surface area (Å²) in [4.78, 5) is 29.6. The number of sulfone groups is 1. The predicted molar refractivity (Wildman–Crippen MR) is 143 cm³/mol. The molecule has 202 valence electrons. The number of hydrogen-bond acceptors (Lipinski definition) is 8. The van der Waals surface area contributed by atoms with E-state index in [1.54, 1.807) is 32.2 Å². The molecule has 37 heavy (non-hydrogen) atoms. The number of anilines is 1. The van der Waals surface area contributed by atoms with Gasteiger partial charge in [-0.05, 0) is 78.4 Å². The number of alkyl carbamates (subject to hydrolysis) is 1. The molecule has 4 rings (SSSR count). The molecule has 0 bridgehead atoms. The third kappa shape index (κ3) is 7.01. The van der Waals surface area contributed by atoms with Crippen LogP contribution in [0.15, 0.2) is 29.3 Å². The fraction of sp³-hybridized carbons (Fsp3) is 0.577.